The number of aryl methyl sites for hydroxylation is 2. The highest BCUT2D eigenvalue weighted by molar-refractivity contribution is 7.92. The van der Waals surface area contributed by atoms with Gasteiger partial charge in [-0.1, -0.05) is 43.3 Å². The molecular weight excluding hydrogens is 348 g/mol. The number of carbonyl (C=O) groups excluding carboxylic acids is 1. The molecule has 0 fully saturated rings. The van der Waals surface area contributed by atoms with E-state index in [9.17, 15) is 13.2 Å². The van der Waals surface area contributed by atoms with Crippen molar-refractivity contribution in [1.29, 1.82) is 0 Å². The summed E-state index contributed by atoms with van der Waals surface area (Å²) in [6.07, 6.45) is 1.46. The number of nitrogens with zero attached hydrogens (tertiary/aromatic N) is 1. The van der Waals surface area contributed by atoms with Crippen LogP contribution in [0.15, 0.2) is 42.5 Å². The first-order chi connectivity index (χ1) is 12.4. The minimum atomic E-state index is -3.51. The van der Waals surface area contributed by atoms with Crippen molar-refractivity contribution < 1.29 is 13.2 Å². The maximum absolute atomic E-state index is 12.7. The Morgan fingerprint density at radius 3 is 2.69 bits per heavy atom. The molecule has 1 heterocycles. The third-order valence-corrected chi connectivity index (χ3v) is 6.54. The predicted molar refractivity (Wildman–Crippen MR) is 105 cm³/mol. The third-order valence-electron chi connectivity index (χ3n) is 4.77. The molecule has 5 nitrogen and oxygen atoms in total. The molecule has 1 aliphatic heterocycles. The first-order valence-electron chi connectivity index (χ1n) is 8.89. The first kappa shape index (κ1) is 18.5. The summed E-state index contributed by atoms with van der Waals surface area (Å²) >= 11 is 0. The fraction of sp³-hybridized carbons (Fsp3) is 0.350. The number of sulfonamides is 1. The highest BCUT2D eigenvalue weighted by Gasteiger charge is 2.29. The lowest BCUT2D eigenvalue weighted by Crippen LogP contribution is -2.32. The van der Waals surface area contributed by atoms with E-state index in [0.29, 0.717) is 13.0 Å². The smallest absolute Gasteiger partial charge is 0.235 e. The standard InChI is InChI=1S/C20H24N2O3S/c1-3-16-9-6-7-15(2)20(16)21-19(23)12-14-26(24,25)22-13-11-17-8-4-5-10-18(17)22/h4-10H,3,11-14H2,1-2H3,(H,21,23). The second-order valence-corrected chi connectivity index (χ2v) is 8.54. The van der Waals surface area contributed by atoms with Gasteiger partial charge in [-0.2, -0.15) is 0 Å². The van der Waals surface area contributed by atoms with Crippen LogP contribution < -0.4 is 9.62 Å². The van der Waals surface area contributed by atoms with E-state index in [1.807, 2.05) is 56.3 Å². The van der Waals surface area contributed by atoms with Crippen LogP contribution in [0.25, 0.3) is 0 Å². The number of nitrogens with one attached hydrogen (secondary N) is 1. The van der Waals surface area contributed by atoms with Crippen LogP contribution >= 0.6 is 0 Å². The molecule has 0 aliphatic carbocycles. The number of rotatable bonds is 6. The molecular formula is C20H24N2O3S. The molecule has 6 heteroatoms. The van der Waals surface area contributed by atoms with E-state index in [-0.39, 0.29) is 18.1 Å². The van der Waals surface area contributed by atoms with Gasteiger partial charge in [0.1, 0.15) is 0 Å². The van der Waals surface area contributed by atoms with Crippen molar-refractivity contribution in [2.45, 2.75) is 33.1 Å². The first-order valence-corrected chi connectivity index (χ1v) is 10.5. The number of benzene rings is 2. The highest BCUT2D eigenvalue weighted by atomic mass is 32.2. The van der Waals surface area contributed by atoms with E-state index >= 15 is 0 Å². The van der Waals surface area contributed by atoms with Gasteiger partial charge >= 0.3 is 0 Å². The summed E-state index contributed by atoms with van der Waals surface area (Å²) in [4.78, 5) is 12.3. The normalized spacial score (nSPS) is 13.5. The van der Waals surface area contributed by atoms with Crippen molar-refractivity contribution >= 4 is 27.3 Å². The highest BCUT2D eigenvalue weighted by Crippen LogP contribution is 2.30. The number of hydrogen-bond donors (Lipinski definition) is 1. The van der Waals surface area contributed by atoms with Crippen LogP contribution in [0.2, 0.25) is 0 Å². The van der Waals surface area contributed by atoms with E-state index in [2.05, 4.69) is 5.32 Å². The fourth-order valence-electron chi connectivity index (χ4n) is 3.33. The Morgan fingerprint density at radius 2 is 1.92 bits per heavy atom. The van der Waals surface area contributed by atoms with Gasteiger partial charge in [0.25, 0.3) is 0 Å². The second kappa shape index (κ2) is 7.50. The minimum Gasteiger partial charge on any atom is -0.326 e. The zero-order valence-electron chi connectivity index (χ0n) is 15.2. The summed E-state index contributed by atoms with van der Waals surface area (Å²) in [6, 6.07) is 13.4. The van der Waals surface area contributed by atoms with Gasteiger partial charge in [0, 0.05) is 18.7 Å². The van der Waals surface area contributed by atoms with Gasteiger partial charge in [0.05, 0.1) is 11.4 Å². The van der Waals surface area contributed by atoms with Crippen LogP contribution in [0.4, 0.5) is 11.4 Å². The fourth-order valence-corrected chi connectivity index (χ4v) is 4.84. The summed E-state index contributed by atoms with van der Waals surface area (Å²) in [6.45, 7) is 4.41. The van der Waals surface area contributed by atoms with Crippen LogP contribution in [0.5, 0.6) is 0 Å². The second-order valence-electron chi connectivity index (χ2n) is 6.53. The Balaban J connectivity index is 1.67. The summed E-state index contributed by atoms with van der Waals surface area (Å²) in [5.41, 5.74) is 4.60. The topological polar surface area (TPSA) is 66.5 Å². The zero-order chi connectivity index (χ0) is 18.7. The van der Waals surface area contributed by atoms with E-state index < -0.39 is 10.0 Å². The van der Waals surface area contributed by atoms with Gasteiger partial charge in [0.2, 0.25) is 15.9 Å². The Labute approximate surface area is 155 Å². The third kappa shape index (κ3) is 3.75. The van der Waals surface area contributed by atoms with Gasteiger partial charge in [-0.15, -0.1) is 0 Å². The predicted octanol–water partition coefficient (Wildman–Crippen LogP) is 3.28. The zero-order valence-corrected chi connectivity index (χ0v) is 16.0. The minimum absolute atomic E-state index is 0.0571. The Hall–Kier alpha value is -2.34. The van der Waals surface area contributed by atoms with Crippen LogP contribution in [-0.2, 0) is 27.7 Å². The SMILES string of the molecule is CCc1cccc(C)c1NC(=O)CCS(=O)(=O)N1CCc2ccccc21. The molecule has 2 aromatic rings. The summed E-state index contributed by atoms with van der Waals surface area (Å²) in [7, 11) is -3.51. The van der Waals surface area contributed by atoms with Crippen molar-refractivity contribution in [1.82, 2.24) is 0 Å². The number of hydrogen-bond acceptors (Lipinski definition) is 3. The van der Waals surface area contributed by atoms with Gasteiger partial charge in [-0.3, -0.25) is 9.10 Å². The molecule has 26 heavy (non-hydrogen) atoms. The molecule has 0 radical (unpaired) electrons. The average Bonchev–Trinajstić information content (AvgIpc) is 3.07. The molecule has 0 unspecified atom stereocenters. The number of anilines is 2. The molecule has 0 spiro atoms. The molecule has 1 N–H and O–H groups in total. The summed E-state index contributed by atoms with van der Waals surface area (Å²) < 4.78 is 26.8. The van der Waals surface area contributed by atoms with Crippen molar-refractivity contribution in [2.75, 3.05) is 21.9 Å². The Kier molecular flexibility index (Phi) is 5.32. The molecule has 0 bridgehead atoms. The molecule has 0 saturated carbocycles. The van der Waals surface area contributed by atoms with Crippen LogP contribution in [-0.4, -0.2) is 26.6 Å². The van der Waals surface area contributed by atoms with E-state index in [1.165, 1.54) is 4.31 Å². The van der Waals surface area contributed by atoms with Crippen molar-refractivity contribution in [2.24, 2.45) is 0 Å². The van der Waals surface area contributed by atoms with Crippen molar-refractivity contribution in [3.63, 3.8) is 0 Å². The molecule has 1 aliphatic rings. The van der Waals surface area contributed by atoms with E-state index in [1.54, 1.807) is 0 Å². The lowest BCUT2D eigenvalue weighted by atomic mass is 10.1. The monoisotopic (exact) mass is 372 g/mol. The Morgan fingerprint density at radius 1 is 1.15 bits per heavy atom. The van der Waals surface area contributed by atoms with Gasteiger partial charge < -0.3 is 5.32 Å². The van der Waals surface area contributed by atoms with Crippen molar-refractivity contribution in [3.8, 4) is 0 Å². The maximum Gasteiger partial charge on any atom is 0.235 e. The number of fused-ring (bicyclic) bond motifs is 1. The molecule has 0 saturated heterocycles. The van der Waals surface area contributed by atoms with Crippen LogP contribution in [0, 0.1) is 6.92 Å². The van der Waals surface area contributed by atoms with Gasteiger partial charge in [0.15, 0.2) is 0 Å². The summed E-state index contributed by atoms with van der Waals surface area (Å²) in [5, 5.41) is 2.89. The molecule has 0 aromatic heterocycles. The molecule has 0 atom stereocenters. The van der Waals surface area contributed by atoms with Crippen LogP contribution in [0.3, 0.4) is 0 Å². The lowest BCUT2D eigenvalue weighted by molar-refractivity contribution is -0.115. The lowest BCUT2D eigenvalue weighted by Gasteiger charge is -2.19. The maximum atomic E-state index is 12.7. The van der Waals surface area contributed by atoms with Crippen molar-refractivity contribution in [3.05, 3.63) is 59.2 Å². The molecule has 138 valence electrons. The molecule has 2 aromatic carbocycles. The molecule has 1 amide bonds. The van der Waals surface area contributed by atoms with Gasteiger partial charge in [-0.05, 0) is 42.5 Å². The number of carbonyl (C=O) groups is 1. The number of amides is 1. The molecule has 3 rings (SSSR count). The quantitative estimate of drug-likeness (QED) is 0.846. The summed E-state index contributed by atoms with van der Waals surface area (Å²) in [5.74, 6) is -0.467. The Bertz CT molecular complexity index is 922. The largest absolute Gasteiger partial charge is 0.326 e. The van der Waals surface area contributed by atoms with Gasteiger partial charge in [-0.25, -0.2) is 8.42 Å². The average molecular weight is 372 g/mol. The number of para-hydroxylation sites is 2. The van der Waals surface area contributed by atoms with Crippen LogP contribution in [0.1, 0.15) is 30.0 Å². The van der Waals surface area contributed by atoms with E-state index in [4.69, 9.17) is 0 Å². The van der Waals surface area contributed by atoms with E-state index in [0.717, 1.165) is 34.5 Å².